The van der Waals surface area contributed by atoms with Crippen molar-refractivity contribution in [3.8, 4) is 0 Å². The number of hydrogen-bond donors (Lipinski definition) is 0. The lowest BCUT2D eigenvalue weighted by Crippen LogP contribution is -1.73. The molecule has 0 N–H and O–H groups in total. The second-order valence-electron chi connectivity index (χ2n) is 3.13. The lowest BCUT2D eigenvalue weighted by molar-refractivity contribution is 0.349. The molecule has 0 bridgehead atoms. The number of benzene rings is 1. The van der Waals surface area contributed by atoms with E-state index < -0.39 is 0 Å². The smallest absolute Gasteiger partial charge is 0.193 e. The minimum absolute atomic E-state index is 0.729. The van der Waals surface area contributed by atoms with Gasteiger partial charge in [0.2, 0.25) is 0 Å². The van der Waals surface area contributed by atoms with Gasteiger partial charge in [0.15, 0.2) is 5.09 Å². The lowest BCUT2D eigenvalue weighted by Gasteiger charge is -1.94. The van der Waals surface area contributed by atoms with Gasteiger partial charge in [-0.05, 0) is 24.0 Å². The molecule has 82 valence electrons. The zero-order valence-corrected chi connectivity index (χ0v) is 10.3. The van der Waals surface area contributed by atoms with Crippen LogP contribution in [-0.4, -0.2) is 11.4 Å². The van der Waals surface area contributed by atoms with Crippen LogP contribution in [0.2, 0.25) is 5.02 Å². The number of rotatable bonds is 3. The third-order valence-electron chi connectivity index (χ3n) is 2.05. The van der Waals surface area contributed by atoms with E-state index in [1.165, 1.54) is 11.8 Å². The molecule has 2 nitrogen and oxygen atoms in total. The van der Waals surface area contributed by atoms with Crippen LogP contribution >= 0.6 is 23.4 Å². The molecule has 0 aliphatic rings. The summed E-state index contributed by atoms with van der Waals surface area (Å²) in [5.41, 5.74) is 1.77. The molecule has 1 aromatic heterocycles. The lowest BCUT2D eigenvalue weighted by atomic mass is 10.2. The number of nitrogens with zero attached hydrogens (tertiary/aromatic N) is 1. The Bertz CT molecular complexity index is 507. The second-order valence-corrected chi connectivity index (χ2v) is 4.35. The number of hydrogen-bond acceptors (Lipinski definition) is 3. The van der Waals surface area contributed by atoms with Gasteiger partial charge in [-0.1, -0.05) is 52.8 Å². The molecule has 0 fully saturated rings. The Hall–Kier alpha value is -1.19. The Morgan fingerprint density at radius 3 is 2.81 bits per heavy atom. The quantitative estimate of drug-likeness (QED) is 0.764. The summed E-state index contributed by atoms with van der Waals surface area (Å²) >= 11 is 7.55. The molecule has 0 saturated carbocycles. The van der Waals surface area contributed by atoms with Crippen molar-refractivity contribution in [1.29, 1.82) is 0 Å². The van der Waals surface area contributed by atoms with Gasteiger partial charge >= 0.3 is 0 Å². The van der Waals surface area contributed by atoms with Gasteiger partial charge in [0.25, 0.3) is 0 Å². The minimum atomic E-state index is 0.729. The first-order valence-electron chi connectivity index (χ1n) is 4.73. The predicted molar refractivity (Wildman–Crippen MR) is 68.7 cm³/mol. The van der Waals surface area contributed by atoms with E-state index in [0.29, 0.717) is 0 Å². The largest absolute Gasteiger partial charge is 0.349 e. The average Bonchev–Trinajstić information content (AvgIpc) is 2.76. The van der Waals surface area contributed by atoms with Crippen molar-refractivity contribution >= 4 is 35.5 Å². The van der Waals surface area contributed by atoms with Crippen molar-refractivity contribution < 1.29 is 4.52 Å². The Kier molecular flexibility index (Phi) is 3.70. The first-order chi connectivity index (χ1) is 7.79. The summed E-state index contributed by atoms with van der Waals surface area (Å²) in [5.74, 6) is 0. The van der Waals surface area contributed by atoms with Crippen LogP contribution in [0.1, 0.15) is 11.3 Å². The molecule has 0 radical (unpaired) electrons. The Morgan fingerprint density at radius 2 is 2.12 bits per heavy atom. The highest BCUT2D eigenvalue weighted by Crippen LogP contribution is 2.19. The predicted octanol–water partition coefficient (Wildman–Crippen LogP) is 4.22. The Labute approximate surface area is 103 Å². The van der Waals surface area contributed by atoms with E-state index in [1.807, 2.05) is 48.7 Å². The fourth-order valence-electron chi connectivity index (χ4n) is 1.23. The number of thioether (sulfide) groups is 1. The first kappa shape index (κ1) is 11.3. The molecular weight excluding hydrogens is 242 g/mol. The van der Waals surface area contributed by atoms with Gasteiger partial charge in [-0.2, -0.15) is 0 Å². The van der Waals surface area contributed by atoms with Gasteiger partial charge in [0.1, 0.15) is 5.69 Å². The van der Waals surface area contributed by atoms with Gasteiger partial charge < -0.3 is 4.52 Å². The fraction of sp³-hybridized carbons (Fsp3) is 0.0833. The second kappa shape index (κ2) is 5.23. The normalized spacial score (nSPS) is 11.1. The molecule has 0 aliphatic heterocycles. The van der Waals surface area contributed by atoms with Gasteiger partial charge in [-0.15, -0.1) is 0 Å². The van der Waals surface area contributed by atoms with Gasteiger partial charge in [-0.3, -0.25) is 0 Å². The molecule has 0 spiro atoms. The summed E-state index contributed by atoms with van der Waals surface area (Å²) in [6, 6.07) is 9.55. The summed E-state index contributed by atoms with van der Waals surface area (Å²) in [5, 5.41) is 5.44. The standard InChI is InChI=1S/C12H10ClNOS/c1-16-12-8-10(14-15-12)7-6-9-4-2-3-5-11(9)13/h2-8H,1H3/b7-6+. The van der Waals surface area contributed by atoms with Crippen LogP contribution in [0, 0.1) is 0 Å². The maximum absolute atomic E-state index is 6.02. The number of aromatic nitrogens is 1. The van der Waals surface area contributed by atoms with Crippen molar-refractivity contribution in [2.75, 3.05) is 6.26 Å². The molecule has 2 aromatic rings. The maximum Gasteiger partial charge on any atom is 0.193 e. The Morgan fingerprint density at radius 1 is 1.31 bits per heavy atom. The summed E-state index contributed by atoms with van der Waals surface area (Å²) in [6.07, 6.45) is 5.75. The molecule has 0 amide bonds. The van der Waals surface area contributed by atoms with Crippen LogP contribution < -0.4 is 0 Å². The molecule has 1 heterocycles. The summed E-state index contributed by atoms with van der Waals surface area (Å²) in [4.78, 5) is 0. The third-order valence-corrected chi connectivity index (χ3v) is 2.99. The van der Waals surface area contributed by atoms with Gasteiger partial charge in [0, 0.05) is 11.1 Å². The molecule has 0 unspecified atom stereocenters. The molecule has 0 atom stereocenters. The van der Waals surface area contributed by atoms with Gasteiger partial charge in [-0.25, -0.2) is 0 Å². The molecule has 4 heteroatoms. The summed E-state index contributed by atoms with van der Waals surface area (Å²) in [7, 11) is 0. The molecule has 2 rings (SSSR count). The zero-order valence-electron chi connectivity index (χ0n) is 8.68. The van der Waals surface area contributed by atoms with Crippen molar-refractivity contribution in [2.45, 2.75) is 5.09 Å². The molecule has 0 saturated heterocycles. The van der Waals surface area contributed by atoms with E-state index >= 15 is 0 Å². The van der Waals surface area contributed by atoms with E-state index in [4.69, 9.17) is 16.1 Å². The SMILES string of the molecule is CSc1cc(/C=C/c2ccccc2Cl)no1. The van der Waals surface area contributed by atoms with E-state index in [-0.39, 0.29) is 0 Å². The highest BCUT2D eigenvalue weighted by Gasteiger charge is 1.99. The highest BCUT2D eigenvalue weighted by molar-refractivity contribution is 7.98. The van der Waals surface area contributed by atoms with E-state index in [2.05, 4.69) is 5.16 Å². The van der Waals surface area contributed by atoms with E-state index in [1.54, 1.807) is 0 Å². The fourth-order valence-corrected chi connectivity index (χ4v) is 1.78. The minimum Gasteiger partial charge on any atom is -0.349 e. The van der Waals surface area contributed by atoms with Crippen molar-refractivity contribution in [1.82, 2.24) is 5.16 Å². The van der Waals surface area contributed by atoms with Crippen LogP contribution in [0.15, 0.2) is 39.9 Å². The first-order valence-corrected chi connectivity index (χ1v) is 6.33. The van der Waals surface area contributed by atoms with Crippen molar-refractivity contribution in [2.24, 2.45) is 0 Å². The van der Waals surface area contributed by atoms with Crippen LogP contribution in [0.25, 0.3) is 12.2 Å². The molecule has 0 aliphatic carbocycles. The Balaban J connectivity index is 2.18. The topological polar surface area (TPSA) is 26.0 Å². The molecule has 1 aromatic carbocycles. The van der Waals surface area contributed by atoms with Crippen LogP contribution in [-0.2, 0) is 0 Å². The number of halogens is 1. The molecule has 16 heavy (non-hydrogen) atoms. The van der Waals surface area contributed by atoms with Crippen molar-refractivity contribution in [3.05, 3.63) is 46.6 Å². The summed E-state index contributed by atoms with van der Waals surface area (Å²) < 4.78 is 5.06. The van der Waals surface area contributed by atoms with E-state index in [9.17, 15) is 0 Å². The third kappa shape index (κ3) is 2.68. The van der Waals surface area contributed by atoms with Gasteiger partial charge in [0.05, 0.1) is 0 Å². The monoisotopic (exact) mass is 251 g/mol. The average molecular weight is 252 g/mol. The van der Waals surface area contributed by atoms with Crippen LogP contribution in [0.4, 0.5) is 0 Å². The van der Waals surface area contributed by atoms with E-state index in [0.717, 1.165) is 21.4 Å². The summed E-state index contributed by atoms with van der Waals surface area (Å²) in [6.45, 7) is 0. The van der Waals surface area contributed by atoms with Crippen LogP contribution in [0.3, 0.4) is 0 Å². The van der Waals surface area contributed by atoms with Crippen LogP contribution in [0.5, 0.6) is 0 Å². The highest BCUT2D eigenvalue weighted by atomic mass is 35.5. The van der Waals surface area contributed by atoms with Crippen molar-refractivity contribution in [3.63, 3.8) is 0 Å². The molecular formula is C12H10ClNOS. The maximum atomic E-state index is 6.02. The zero-order chi connectivity index (χ0) is 11.4.